The monoisotopic (exact) mass is 544 g/mol. The quantitative estimate of drug-likeness (QED) is 0.458. The van der Waals surface area contributed by atoms with Crippen LogP contribution in [0.15, 0.2) is 60.8 Å². The fraction of sp³-hybridized carbons (Fsp3) is 0.367. The van der Waals surface area contributed by atoms with Gasteiger partial charge in [0.15, 0.2) is 0 Å². The van der Waals surface area contributed by atoms with Gasteiger partial charge in [-0.2, -0.15) is 4.98 Å². The summed E-state index contributed by atoms with van der Waals surface area (Å²) in [5, 5.41) is 6.63. The number of nitrogens with zero attached hydrogens (tertiary/aromatic N) is 4. The molecule has 3 heterocycles. The highest BCUT2D eigenvalue weighted by Gasteiger charge is 2.21. The van der Waals surface area contributed by atoms with Gasteiger partial charge in [0.1, 0.15) is 23.9 Å². The van der Waals surface area contributed by atoms with Crippen molar-refractivity contribution < 1.29 is 19.0 Å². The Morgan fingerprint density at radius 3 is 2.73 bits per heavy atom. The number of amides is 1. The highest BCUT2D eigenvalue weighted by Crippen LogP contribution is 2.27. The molecular weight excluding hydrogens is 508 g/mol. The molecule has 4 bridgehead atoms. The van der Waals surface area contributed by atoms with Crippen LogP contribution in [-0.4, -0.2) is 73.4 Å². The van der Waals surface area contributed by atoms with Crippen molar-refractivity contribution in [2.45, 2.75) is 20.5 Å². The fourth-order valence-electron chi connectivity index (χ4n) is 4.67. The number of aryl methyl sites for hydroxylation is 2. The maximum Gasteiger partial charge on any atom is 0.421 e. The van der Waals surface area contributed by atoms with Gasteiger partial charge in [-0.3, -0.25) is 9.80 Å². The average molecular weight is 545 g/mol. The van der Waals surface area contributed by atoms with E-state index in [0.717, 1.165) is 60.9 Å². The molecule has 1 fully saturated rings. The Bertz CT molecular complexity index is 1320. The number of carbonyl (C=O) groups excluding carboxylic acids is 1. The summed E-state index contributed by atoms with van der Waals surface area (Å²) >= 11 is 0. The van der Waals surface area contributed by atoms with Crippen LogP contribution in [0.3, 0.4) is 0 Å². The van der Waals surface area contributed by atoms with E-state index in [1.54, 1.807) is 12.3 Å². The Labute approximate surface area is 235 Å². The molecule has 10 heteroatoms. The van der Waals surface area contributed by atoms with Crippen molar-refractivity contribution in [3.05, 3.63) is 77.5 Å². The first-order valence-electron chi connectivity index (χ1n) is 13.6. The Morgan fingerprint density at radius 2 is 1.90 bits per heavy atom. The minimum atomic E-state index is -0.524. The standard InChI is InChI=1S/C30H36N6O4/c1-22-6-5-7-23(2)28(22)40-30(37)36-14-3-4-18-38-21-24-20-25(33-29-32-11-10-27(36)34-29)8-9-26(24)39-19-17-35-15-12-31-13-16-35/h3-11,20,31H,12-19,21H2,1-2H3,(H,32,33,34)/b4-3-. The Balaban J connectivity index is 1.33. The molecule has 40 heavy (non-hydrogen) atoms. The number of ether oxygens (including phenoxy) is 3. The zero-order chi connectivity index (χ0) is 27.7. The van der Waals surface area contributed by atoms with Gasteiger partial charge in [0.05, 0.1) is 13.2 Å². The molecule has 3 aromatic rings. The number of piperazine rings is 1. The molecule has 1 amide bonds. The van der Waals surface area contributed by atoms with E-state index in [9.17, 15) is 4.79 Å². The van der Waals surface area contributed by atoms with Gasteiger partial charge in [-0.05, 0) is 49.2 Å². The lowest BCUT2D eigenvalue weighted by Gasteiger charge is -2.27. The number of hydrogen-bond donors (Lipinski definition) is 2. The van der Waals surface area contributed by atoms with Crippen LogP contribution in [0, 0.1) is 13.8 Å². The van der Waals surface area contributed by atoms with E-state index < -0.39 is 6.09 Å². The van der Waals surface area contributed by atoms with Gasteiger partial charge in [-0.15, -0.1) is 0 Å². The van der Waals surface area contributed by atoms with Crippen LogP contribution in [0.5, 0.6) is 11.5 Å². The van der Waals surface area contributed by atoms with Crippen molar-refractivity contribution in [2.24, 2.45) is 0 Å². The normalized spacial score (nSPS) is 16.9. The zero-order valence-corrected chi connectivity index (χ0v) is 23.1. The minimum absolute atomic E-state index is 0.259. The lowest BCUT2D eigenvalue weighted by molar-refractivity contribution is 0.143. The summed E-state index contributed by atoms with van der Waals surface area (Å²) in [5.41, 5.74) is 3.50. The molecule has 2 aromatic carbocycles. The van der Waals surface area contributed by atoms with Gasteiger partial charge in [0, 0.05) is 56.7 Å². The highest BCUT2D eigenvalue weighted by atomic mass is 16.6. The number of nitrogens with one attached hydrogen (secondary N) is 2. The molecule has 0 spiro atoms. The highest BCUT2D eigenvalue weighted by molar-refractivity contribution is 5.88. The zero-order valence-electron chi connectivity index (χ0n) is 23.1. The van der Waals surface area contributed by atoms with Crippen LogP contribution in [0.4, 0.5) is 22.2 Å². The molecular formula is C30H36N6O4. The van der Waals surface area contributed by atoms with Crippen molar-refractivity contribution >= 4 is 23.5 Å². The van der Waals surface area contributed by atoms with Crippen LogP contribution < -0.4 is 25.0 Å². The third-order valence-electron chi connectivity index (χ3n) is 6.85. The first kappa shape index (κ1) is 27.6. The molecule has 0 radical (unpaired) electrons. The molecule has 5 rings (SSSR count). The van der Waals surface area contributed by atoms with Gasteiger partial charge in [-0.1, -0.05) is 30.4 Å². The van der Waals surface area contributed by atoms with Gasteiger partial charge < -0.3 is 24.8 Å². The second-order valence-corrected chi connectivity index (χ2v) is 9.81. The molecule has 1 saturated heterocycles. The maximum atomic E-state index is 13.3. The van der Waals surface area contributed by atoms with Gasteiger partial charge in [-0.25, -0.2) is 9.78 Å². The van der Waals surface area contributed by atoms with Crippen molar-refractivity contribution in [1.82, 2.24) is 20.2 Å². The number of anilines is 3. The first-order valence-corrected chi connectivity index (χ1v) is 13.6. The van der Waals surface area contributed by atoms with Gasteiger partial charge >= 0.3 is 6.09 Å². The Kier molecular flexibility index (Phi) is 9.22. The number of aromatic nitrogens is 2. The largest absolute Gasteiger partial charge is 0.492 e. The van der Waals surface area contributed by atoms with E-state index in [4.69, 9.17) is 14.2 Å². The lowest BCUT2D eigenvalue weighted by atomic mass is 10.1. The van der Waals surface area contributed by atoms with Crippen LogP contribution in [0.25, 0.3) is 0 Å². The van der Waals surface area contributed by atoms with Gasteiger partial charge in [0.2, 0.25) is 5.95 Å². The van der Waals surface area contributed by atoms with Crippen LogP contribution in [-0.2, 0) is 11.3 Å². The molecule has 0 saturated carbocycles. The van der Waals surface area contributed by atoms with Gasteiger partial charge in [0.25, 0.3) is 0 Å². The van der Waals surface area contributed by atoms with Crippen molar-refractivity contribution in [3.63, 3.8) is 0 Å². The number of fused-ring (bicyclic) bond motifs is 4. The first-order chi connectivity index (χ1) is 19.6. The number of para-hydroxylation sites is 1. The number of benzene rings is 2. The number of rotatable bonds is 5. The summed E-state index contributed by atoms with van der Waals surface area (Å²) < 4.78 is 17.9. The molecule has 0 unspecified atom stereocenters. The third kappa shape index (κ3) is 7.15. The third-order valence-corrected chi connectivity index (χ3v) is 6.85. The van der Waals surface area contributed by atoms with E-state index in [-0.39, 0.29) is 6.54 Å². The minimum Gasteiger partial charge on any atom is -0.492 e. The summed E-state index contributed by atoms with van der Waals surface area (Å²) in [5.74, 6) is 2.13. The Hall–Kier alpha value is -3.99. The number of hydrogen-bond acceptors (Lipinski definition) is 9. The maximum absolute atomic E-state index is 13.3. The summed E-state index contributed by atoms with van der Waals surface area (Å²) in [4.78, 5) is 26.2. The topological polar surface area (TPSA) is 101 Å². The lowest BCUT2D eigenvalue weighted by Crippen LogP contribution is -2.44. The predicted octanol–water partition coefficient (Wildman–Crippen LogP) is 4.21. The summed E-state index contributed by atoms with van der Waals surface area (Å²) in [6.45, 7) is 10.4. The van der Waals surface area contributed by atoms with E-state index >= 15 is 0 Å². The predicted molar refractivity (Wildman–Crippen MR) is 155 cm³/mol. The molecule has 0 aliphatic carbocycles. The molecule has 1 aromatic heterocycles. The van der Waals surface area contributed by atoms with Crippen LogP contribution in [0.1, 0.15) is 16.7 Å². The van der Waals surface area contributed by atoms with Crippen molar-refractivity contribution in [2.75, 3.05) is 62.7 Å². The smallest absolute Gasteiger partial charge is 0.421 e. The van der Waals surface area contributed by atoms with Crippen LogP contribution >= 0.6 is 0 Å². The Morgan fingerprint density at radius 1 is 1.07 bits per heavy atom. The molecule has 0 atom stereocenters. The molecule has 2 aliphatic rings. The van der Waals surface area contributed by atoms with E-state index in [1.165, 1.54) is 4.90 Å². The average Bonchev–Trinajstić information content (AvgIpc) is 2.96. The van der Waals surface area contributed by atoms with Crippen LogP contribution in [0.2, 0.25) is 0 Å². The van der Waals surface area contributed by atoms with Crippen molar-refractivity contribution in [3.8, 4) is 11.5 Å². The van der Waals surface area contributed by atoms with E-state index in [2.05, 4.69) is 25.5 Å². The summed E-state index contributed by atoms with van der Waals surface area (Å²) in [6, 6.07) is 13.3. The van der Waals surface area contributed by atoms with E-state index in [0.29, 0.717) is 37.3 Å². The molecule has 2 aliphatic heterocycles. The number of carbonyl (C=O) groups is 1. The second kappa shape index (κ2) is 13.4. The molecule has 210 valence electrons. The summed E-state index contributed by atoms with van der Waals surface area (Å²) in [7, 11) is 0. The second-order valence-electron chi connectivity index (χ2n) is 9.81. The van der Waals surface area contributed by atoms with Crippen molar-refractivity contribution in [1.29, 1.82) is 0 Å². The molecule has 2 N–H and O–H groups in total. The summed E-state index contributed by atoms with van der Waals surface area (Å²) in [6.07, 6.45) is 4.86. The molecule has 10 nitrogen and oxygen atoms in total. The van der Waals surface area contributed by atoms with E-state index in [1.807, 2.05) is 62.4 Å². The SMILES string of the molecule is Cc1cccc(C)c1OC(=O)N1C/C=C\COCc2cc(ccc2OCCN2CCNCC2)Nc2nccc1n2. The fourth-order valence-corrected chi connectivity index (χ4v) is 4.67.